The largest absolute Gasteiger partial charge is 0.369 e. The maximum Gasteiger partial charge on any atom is 0.220 e. The molecule has 176 valence electrons. The first-order valence-electron chi connectivity index (χ1n) is 11.9. The van der Waals surface area contributed by atoms with Gasteiger partial charge in [0.15, 0.2) is 5.96 Å². The van der Waals surface area contributed by atoms with Crippen molar-refractivity contribution >= 4 is 35.8 Å². The first-order valence-corrected chi connectivity index (χ1v) is 11.9. The molecule has 2 fully saturated rings. The molecule has 0 spiro atoms. The first-order chi connectivity index (χ1) is 14.1. The predicted molar refractivity (Wildman–Crippen MR) is 136 cm³/mol. The SMILES string of the molecule is CCNC(=NCCCN1CCCCC1C)NCCCCN1CCC(C(N)=O)CC1.I. The van der Waals surface area contributed by atoms with Crippen LogP contribution in [-0.2, 0) is 4.79 Å². The van der Waals surface area contributed by atoms with Gasteiger partial charge in [0.05, 0.1) is 0 Å². The Balaban J connectivity index is 0.00000450. The lowest BCUT2D eigenvalue weighted by Gasteiger charge is -2.33. The molecule has 0 aromatic carbocycles. The van der Waals surface area contributed by atoms with Gasteiger partial charge < -0.3 is 26.2 Å². The van der Waals surface area contributed by atoms with Crippen LogP contribution in [0.2, 0.25) is 0 Å². The molecule has 7 nitrogen and oxygen atoms in total. The van der Waals surface area contributed by atoms with Crippen molar-refractivity contribution in [3.05, 3.63) is 0 Å². The molecule has 8 heteroatoms. The average Bonchev–Trinajstić information content (AvgIpc) is 2.72. The number of aliphatic imine (C=N–C) groups is 1. The summed E-state index contributed by atoms with van der Waals surface area (Å²) in [4.78, 5) is 21.1. The third-order valence-corrected chi connectivity index (χ3v) is 6.34. The number of primary amides is 1. The summed E-state index contributed by atoms with van der Waals surface area (Å²) in [6.45, 7) is 12.7. The summed E-state index contributed by atoms with van der Waals surface area (Å²) in [5, 5.41) is 6.83. The highest BCUT2D eigenvalue weighted by molar-refractivity contribution is 14.0. The number of hydrogen-bond acceptors (Lipinski definition) is 4. The Morgan fingerprint density at radius 3 is 2.47 bits per heavy atom. The van der Waals surface area contributed by atoms with E-state index in [9.17, 15) is 4.79 Å². The number of piperidine rings is 2. The molecule has 0 saturated carbocycles. The molecule has 1 unspecified atom stereocenters. The number of unbranched alkanes of at least 4 members (excludes halogenated alkanes) is 1. The topological polar surface area (TPSA) is 86.0 Å². The second-order valence-electron chi connectivity index (χ2n) is 8.65. The van der Waals surface area contributed by atoms with Crippen molar-refractivity contribution in [3.8, 4) is 0 Å². The van der Waals surface area contributed by atoms with Gasteiger partial charge in [0.25, 0.3) is 0 Å². The fourth-order valence-electron chi connectivity index (χ4n) is 4.40. The molecule has 2 aliphatic heterocycles. The molecule has 1 amide bonds. The molecule has 2 heterocycles. The number of hydrogen-bond donors (Lipinski definition) is 3. The Morgan fingerprint density at radius 1 is 1.03 bits per heavy atom. The van der Waals surface area contributed by atoms with Crippen LogP contribution in [0.4, 0.5) is 0 Å². The predicted octanol–water partition coefficient (Wildman–Crippen LogP) is 2.40. The highest BCUT2D eigenvalue weighted by atomic mass is 127. The third kappa shape index (κ3) is 10.6. The van der Waals surface area contributed by atoms with Crippen molar-refractivity contribution in [2.24, 2.45) is 16.6 Å². The van der Waals surface area contributed by atoms with Gasteiger partial charge >= 0.3 is 0 Å². The van der Waals surface area contributed by atoms with Crippen LogP contribution in [0.1, 0.15) is 65.2 Å². The van der Waals surface area contributed by atoms with E-state index >= 15 is 0 Å². The van der Waals surface area contributed by atoms with Gasteiger partial charge in [-0.1, -0.05) is 6.42 Å². The van der Waals surface area contributed by atoms with E-state index in [1.807, 2.05) is 0 Å². The lowest BCUT2D eigenvalue weighted by molar-refractivity contribution is -0.123. The van der Waals surface area contributed by atoms with Gasteiger partial charge in [-0.05, 0) is 85.0 Å². The molecular formula is C22H45IN6O. The number of rotatable bonds is 11. The highest BCUT2D eigenvalue weighted by Crippen LogP contribution is 2.17. The van der Waals surface area contributed by atoms with E-state index in [-0.39, 0.29) is 35.8 Å². The molecule has 1 atom stereocenters. The molecule has 0 aromatic heterocycles. The molecule has 2 rings (SSSR count). The van der Waals surface area contributed by atoms with E-state index in [4.69, 9.17) is 10.7 Å². The Kier molecular flexibility index (Phi) is 14.7. The summed E-state index contributed by atoms with van der Waals surface area (Å²) in [5.41, 5.74) is 5.41. The number of carbonyl (C=O) groups excluding carboxylic acids is 1. The van der Waals surface area contributed by atoms with Gasteiger partial charge in [0.1, 0.15) is 0 Å². The van der Waals surface area contributed by atoms with Crippen LogP contribution in [0.25, 0.3) is 0 Å². The summed E-state index contributed by atoms with van der Waals surface area (Å²) in [7, 11) is 0. The van der Waals surface area contributed by atoms with Crippen molar-refractivity contribution in [2.45, 2.75) is 71.3 Å². The molecule has 0 bridgehead atoms. The van der Waals surface area contributed by atoms with E-state index in [2.05, 4.69) is 34.3 Å². The average molecular weight is 537 g/mol. The normalized spacial score (nSPS) is 21.8. The lowest BCUT2D eigenvalue weighted by atomic mass is 9.96. The van der Waals surface area contributed by atoms with Gasteiger partial charge in [-0.25, -0.2) is 0 Å². The minimum absolute atomic E-state index is 0. The van der Waals surface area contributed by atoms with Gasteiger partial charge in [-0.15, -0.1) is 24.0 Å². The van der Waals surface area contributed by atoms with Crippen LogP contribution < -0.4 is 16.4 Å². The molecule has 30 heavy (non-hydrogen) atoms. The molecule has 2 aliphatic rings. The maximum absolute atomic E-state index is 11.2. The second-order valence-corrected chi connectivity index (χ2v) is 8.65. The Labute approximate surface area is 201 Å². The first kappa shape index (κ1) is 27.4. The van der Waals surface area contributed by atoms with Crippen LogP contribution in [-0.4, -0.2) is 80.1 Å². The van der Waals surface area contributed by atoms with Gasteiger partial charge in [0, 0.05) is 38.1 Å². The van der Waals surface area contributed by atoms with Crippen LogP contribution in [0.15, 0.2) is 4.99 Å². The molecule has 0 aliphatic carbocycles. The smallest absolute Gasteiger partial charge is 0.220 e. The highest BCUT2D eigenvalue weighted by Gasteiger charge is 2.22. The second kappa shape index (κ2) is 16.1. The Hall–Kier alpha value is -0.610. The minimum Gasteiger partial charge on any atom is -0.369 e. The van der Waals surface area contributed by atoms with Crippen LogP contribution in [0.5, 0.6) is 0 Å². The zero-order valence-corrected chi connectivity index (χ0v) is 21.5. The van der Waals surface area contributed by atoms with Crippen molar-refractivity contribution in [3.63, 3.8) is 0 Å². The molecule has 0 aromatic rings. The number of nitrogens with two attached hydrogens (primary N) is 1. The fraction of sp³-hybridized carbons (Fsp3) is 0.909. The number of guanidine groups is 1. The Bertz CT molecular complexity index is 496. The van der Waals surface area contributed by atoms with Crippen LogP contribution in [0, 0.1) is 5.92 Å². The Morgan fingerprint density at radius 2 is 1.80 bits per heavy atom. The summed E-state index contributed by atoms with van der Waals surface area (Å²) >= 11 is 0. The summed E-state index contributed by atoms with van der Waals surface area (Å²) in [6, 6.07) is 0.737. The molecular weight excluding hydrogens is 491 g/mol. The standard InChI is InChI=1S/C22H44N6O.HI/c1-3-24-22(26-13-8-16-28-15-6-4-9-19(28)2)25-12-5-7-14-27-17-10-20(11-18-27)21(23)29;/h19-20H,3-18H2,1-2H3,(H2,23,29)(H2,24,25,26);1H. The monoisotopic (exact) mass is 536 g/mol. The van der Waals surface area contributed by atoms with Crippen molar-refractivity contribution in [1.82, 2.24) is 20.4 Å². The number of carbonyl (C=O) groups is 1. The quantitative estimate of drug-likeness (QED) is 0.164. The van der Waals surface area contributed by atoms with E-state index in [0.29, 0.717) is 0 Å². The number of nitrogens with zero attached hydrogens (tertiary/aromatic N) is 3. The van der Waals surface area contributed by atoms with E-state index < -0.39 is 0 Å². The zero-order valence-electron chi connectivity index (χ0n) is 19.2. The lowest BCUT2D eigenvalue weighted by Crippen LogP contribution is -2.40. The summed E-state index contributed by atoms with van der Waals surface area (Å²) < 4.78 is 0. The van der Waals surface area contributed by atoms with Gasteiger partial charge in [0.2, 0.25) is 5.91 Å². The number of likely N-dealkylation sites (tertiary alicyclic amines) is 2. The molecule has 0 radical (unpaired) electrons. The molecule has 2 saturated heterocycles. The number of halogens is 1. The minimum atomic E-state index is -0.130. The van der Waals surface area contributed by atoms with Crippen molar-refractivity contribution in [2.75, 3.05) is 52.4 Å². The zero-order chi connectivity index (χ0) is 20.9. The van der Waals surface area contributed by atoms with Gasteiger partial charge in [-0.2, -0.15) is 0 Å². The van der Waals surface area contributed by atoms with E-state index in [1.165, 1.54) is 32.2 Å². The van der Waals surface area contributed by atoms with Crippen molar-refractivity contribution < 1.29 is 4.79 Å². The van der Waals surface area contributed by atoms with Gasteiger partial charge in [-0.3, -0.25) is 9.79 Å². The summed E-state index contributed by atoms with van der Waals surface area (Å²) in [6.07, 6.45) is 9.34. The number of nitrogens with one attached hydrogen (secondary N) is 2. The van der Waals surface area contributed by atoms with Crippen molar-refractivity contribution in [1.29, 1.82) is 0 Å². The van der Waals surface area contributed by atoms with Crippen LogP contribution in [0.3, 0.4) is 0 Å². The fourth-order valence-corrected chi connectivity index (χ4v) is 4.40. The molecule has 4 N–H and O–H groups in total. The maximum atomic E-state index is 11.2. The van der Waals surface area contributed by atoms with E-state index in [1.54, 1.807) is 0 Å². The number of amides is 1. The summed E-state index contributed by atoms with van der Waals surface area (Å²) in [5.74, 6) is 0.904. The third-order valence-electron chi connectivity index (χ3n) is 6.34. The van der Waals surface area contributed by atoms with Crippen LogP contribution >= 0.6 is 24.0 Å². The van der Waals surface area contributed by atoms with E-state index in [0.717, 1.165) is 83.5 Å².